The van der Waals surface area contributed by atoms with E-state index in [0.717, 1.165) is 6.42 Å². The van der Waals surface area contributed by atoms with Gasteiger partial charge >= 0.3 is 0 Å². The Morgan fingerprint density at radius 2 is 2.12 bits per heavy atom. The van der Waals surface area contributed by atoms with Crippen LogP contribution in [0.15, 0.2) is 42.5 Å². The monoisotopic (exact) mass is 215 g/mol. The molecule has 1 N–H and O–H groups in total. The summed E-state index contributed by atoms with van der Waals surface area (Å²) in [6.07, 6.45) is 9.61. The quantitative estimate of drug-likeness (QED) is 0.760. The van der Waals surface area contributed by atoms with E-state index in [-0.39, 0.29) is 0 Å². The minimum Gasteiger partial charge on any atom is -0.308 e. The number of allylic oxidation sites excluding steroid dienone is 1. The fraction of sp³-hybridized carbons (Fsp3) is 0.467. The van der Waals surface area contributed by atoms with E-state index in [1.807, 2.05) is 0 Å². The van der Waals surface area contributed by atoms with Crippen molar-refractivity contribution >= 4 is 0 Å². The molecule has 0 aromatic heterocycles. The molecule has 0 fully saturated rings. The molecular weight excluding hydrogens is 194 g/mol. The highest BCUT2D eigenvalue weighted by Crippen LogP contribution is 2.12. The SMILES string of the molecule is CC(Cc1ccccc1)NC1C=CCCC1. The highest BCUT2D eigenvalue weighted by Gasteiger charge is 2.11. The van der Waals surface area contributed by atoms with Crippen LogP contribution in [-0.2, 0) is 6.42 Å². The van der Waals surface area contributed by atoms with Gasteiger partial charge in [-0.3, -0.25) is 0 Å². The van der Waals surface area contributed by atoms with Gasteiger partial charge in [0, 0.05) is 12.1 Å². The smallest absolute Gasteiger partial charge is 0.0252 e. The van der Waals surface area contributed by atoms with Crippen LogP contribution in [0, 0.1) is 0 Å². The Hall–Kier alpha value is -1.08. The third-order valence-electron chi connectivity index (χ3n) is 3.14. The normalized spacial score (nSPS) is 21.9. The van der Waals surface area contributed by atoms with E-state index >= 15 is 0 Å². The van der Waals surface area contributed by atoms with Gasteiger partial charge in [0.25, 0.3) is 0 Å². The summed E-state index contributed by atoms with van der Waals surface area (Å²) < 4.78 is 0. The minimum atomic E-state index is 0.551. The second kappa shape index (κ2) is 5.86. The zero-order valence-electron chi connectivity index (χ0n) is 10.0. The Bertz CT molecular complexity index is 329. The van der Waals surface area contributed by atoms with Crippen LogP contribution < -0.4 is 5.32 Å². The second-order valence-corrected chi connectivity index (χ2v) is 4.72. The molecule has 0 aliphatic heterocycles. The van der Waals surface area contributed by atoms with E-state index < -0.39 is 0 Å². The summed E-state index contributed by atoms with van der Waals surface area (Å²) in [5, 5.41) is 3.68. The maximum absolute atomic E-state index is 3.68. The molecule has 0 amide bonds. The van der Waals surface area contributed by atoms with Gasteiger partial charge in [-0.15, -0.1) is 0 Å². The molecule has 1 aliphatic rings. The highest BCUT2D eigenvalue weighted by molar-refractivity contribution is 5.15. The summed E-state index contributed by atoms with van der Waals surface area (Å²) >= 11 is 0. The van der Waals surface area contributed by atoms with Crippen molar-refractivity contribution in [2.24, 2.45) is 0 Å². The molecule has 0 bridgehead atoms. The standard InChI is InChI=1S/C15H21N/c1-13(12-14-8-4-2-5-9-14)16-15-10-6-3-7-11-15/h2,4-6,8-10,13,15-16H,3,7,11-12H2,1H3. The van der Waals surface area contributed by atoms with Gasteiger partial charge in [-0.1, -0.05) is 42.5 Å². The van der Waals surface area contributed by atoms with E-state index in [1.54, 1.807) is 0 Å². The van der Waals surface area contributed by atoms with Crippen LogP contribution in [0.1, 0.15) is 31.7 Å². The summed E-state index contributed by atoms with van der Waals surface area (Å²) in [5.74, 6) is 0. The summed E-state index contributed by atoms with van der Waals surface area (Å²) in [7, 11) is 0. The molecule has 0 radical (unpaired) electrons. The van der Waals surface area contributed by atoms with Gasteiger partial charge in [-0.25, -0.2) is 0 Å². The topological polar surface area (TPSA) is 12.0 Å². The highest BCUT2D eigenvalue weighted by atomic mass is 14.9. The molecule has 0 saturated heterocycles. The Balaban J connectivity index is 1.82. The van der Waals surface area contributed by atoms with Gasteiger partial charge in [0.15, 0.2) is 0 Å². The maximum atomic E-state index is 3.68. The number of rotatable bonds is 4. The fourth-order valence-corrected chi connectivity index (χ4v) is 2.34. The van der Waals surface area contributed by atoms with E-state index in [0.29, 0.717) is 12.1 Å². The first kappa shape index (κ1) is 11.4. The van der Waals surface area contributed by atoms with Crippen molar-refractivity contribution in [1.29, 1.82) is 0 Å². The molecule has 1 aromatic rings. The molecule has 2 rings (SSSR count). The van der Waals surface area contributed by atoms with Crippen LogP contribution in [0.2, 0.25) is 0 Å². The molecule has 0 heterocycles. The Labute approximate surface area is 98.6 Å². The van der Waals surface area contributed by atoms with E-state index in [2.05, 4.69) is 54.7 Å². The molecular formula is C15H21N. The first-order chi connectivity index (χ1) is 7.84. The summed E-state index contributed by atoms with van der Waals surface area (Å²) in [5.41, 5.74) is 1.42. The molecule has 1 aliphatic carbocycles. The third kappa shape index (κ3) is 3.49. The average molecular weight is 215 g/mol. The van der Waals surface area contributed by atoms with Crippen LogP contribution in [0.5, 0.6) is 0 Å². The lowest BCUT2D eigenvalue weighted by Gasteiger charge is -2.23. The van der Waals surface area contributed by atoms with Crippen molar-refractivity contribution in [3.05, 3.63) is 48.0 Å². The van der Waals surface area contributed by atoms with Crippen LogP contribution in [0.25, 0.3) is 0 Å². The van der Waals surface area contributed by atoms with Gasteiger partial charge in [0.05, 0.1) is 0 Å². The minimum absolute atomic E-state index is 0.551. The third-order valence-corrected chi connectivity index (χ3v) is 3.14. The van der Waals surface area contributed by atoms with Gasteiger partial charge < -0.3 is 5.32 Å². The van der Waals surface area contributed by atoms with Gasteiger partial charge in [-0.05, 0) is 38.2 Å². The molecule has 0 saturated carbocycles. The van der Waals surface area contributed by atoms with E-state index in [9.17, 15) is 0 Å². The Morgan fingerprint density at radius 1 is 1.31 bits per heavy atom. The number of nitrogens with one attached hydrogen (secondary N) is 1. The molecule has 2 unspecified atom stereocenters. The first-order valence-electron chi connectivity index (χ1n) is 6.31. The van der Waals surface area contributed by atoms with Gasteiger partial charge in [0.1, 0.15) is 0 Å². The van der Waals surface area contributed by atoms with Crippen molar-refractivity contribution in [1.82, 2.24) is 5.32 Å². The molecule has 1 heteroatoms. The lowest BCUT2D eigenvalue weighted by molar-refractivity contribution is 0.455. The molecule has 1 aromatic carbocycles. The van der Waals surface area contributed by atoms with Gasteiger partial charge in [0.2, 0.25) is 0 Å². The van der Waals surface area contributed by atoms with Crippen molar-refractivity contribution < 1.29 is 0 Å². The average Bonchev–Trinajstić information content (AvgIpc) is 2.31. The zero-order chi connectivity index (χ0) is 11.2. The number of hydrogen-bond acceptors (Lipinski definition) is 1. The lowest BCUT2D eigenvalue weighted by atomic mass is 10.0. The molecule has 2 atom stereocenters. The van der Waals surface area contributed by atoms with Crippen LogP contribution in [-0.4, -0.2) is 12.1 Å². The maximum Gasteiger partial charge on any atom is 0.0252 e. The fourth-order valence-electron chi connectivity index (χ4n) is 2.34. The first-order valence-corrected chi connectivity index (χ1v) is 6.31. The van der Waals surface area contributed by atoms with Crippen LogP contribution in [0.4, 0.5) is 0 Å². The molecule has 1 nitrogen and oxygen atoms in total. The zero-order valence-corrected chi connectivity index (χ0v) is 10.0. The second-order valence-electron chi connectivity index (χ2n) is 4.72. The summed E-state index contributed by atoms with van der Waals surface area (Å²) in [4.78, 5) is 0. The molecule has 16 heavy (non-hydrogen) atoms. The predicted molar refractivity (Wildman–Crippen MR) is 69.5 cm³/mol. The van der Waals surface area contributed by atoms with Crippen molar-refractivity contribution in [2.75, 3.05) is 0 Å². The lowest BCUT2D eigenvalue weighted by Crippen LogP contribution is -2.37. The largest absolute Gasteiger partial charge is 0.308 e. The predicted octanol–water partition coefficient (Wildman–Crippen LogP) is 3.32. The van der Waals surface area contributed by atoms with Crippen LogP contribution in [0.3, 0.4) is 0 Å². The van der Waals surface area contributed by atoms with Gasteiger partial charge in [-0.2, -0.15) is 0 Å². The summed E-state index contributed by atoms with van der Waals surface area (Å²) in [6.45, 7) is 2.27. The molecule has 0 spiro atoms. The summed E-state index contributed by atoms with van der Waals surface area (Å²) in [6, 6.07) is 11.9. The number of hydrogen-bond donors (Lipinski definition) is 1. The van der Waals surface area contributed by atoms with E-state index in [4.69, 9.17) is 0 Å². The van der Waals surface area contributed by atoms with Crippen molar-refractivity contribution in [2.45, 2.75) is 44.7 Å². The van der Waals surface area contributed by atoms with Crippen molar-refractivity contribution in [3.8, 4) is 0 Å². The number of benzene rings is 1. The van der Waals surface area contributed by atoms with Crippen LogP contribution >= 0.6 is 0 Å². The van der Waals surface area contributed by atoms with E-state index in [1.165, 1.54) is 24.8 Å². The van der Waals surface area contributed by atoms with Crippen molar-refractivity contribution in [3.63, 3.8) is 0 Å². The molecule has 86 valence electrons. The Kier molecular flexibility index (Phi) is 4.17. The Morgan fingerprint density at radius 3 is 2.81 bits per heavy atom.